The average molecular weight is 279 g/mol. The Kier molecular flexibility index (Phi) is 4.03. The highest BCUT2D eigenvalue weighted by molar-refractivity contribution is 7.07. The molecule has 0 saturated heterocycles. The smallest absolute Gasteiger partial charge is 0.255 e. The SMILES string of the molecule is O=C(NCC(O)c1ccsc1)c1ccc(O)cc1O. The van der Waals surface area contributed by atoms with Gasteiger partial charge in [-0.05, 0) is 34.5 Å². The molecular weight excluding hydrogens is 266 g/mol. The minimum absolute atomic E-state index is 0.0512. The van der Waals surface area contributed by atoms with Crippen LogP contribution in [-0.4, -0.2) is 27.8 Å². The molecule has 5 nitrogen and oxygen atoms in total. The summed E-state index contributed by atoms with van der Waals surface area (Å²) in [7, 11) is 0. The Labute approximate surface area is 113 Å². The molecule has 1 unspecified atom stereocenters. The number of rotatable bonds is 4. The number of carbonyl (C=O) groups is 1. The Bertz CT molecular complexity index is 568. The second-order valence-electron chi connectivity index (χ2n) is 3.98. The predicted octanol–water partition coefficient (Wildman–Crippen LogP) is 1.62. The molecule has 0 radical (unpaired) electrons. The minimum atomic E-state index is -0.783. The Morgan fingerprint density at radius 2 is 2.11 bits per heavy atom. The lowest BCUT2D eigenvalue weighted by Gasteiger charge is -2.11. The van der Waals surface area contributed by atoms with Crippen LogP contribution in [0.1, 0.15) is 22.0 Å². The molecule has 2 rings (SSSR count). The summed E-state index contributed by atoms with van der Waals surface area (Å²) < 4.78 is 0. The molecule has 100 valence electrons. The molecule has 0 aliphatic rings. The zero-order valence-electron chi connectivity index (χ0n) is 9.91. The summed E-state index contributed by atoms with van der Waals surface area (Å²) in [5.41, 5.74) is 0.788. The van der Waals surface area contributed by atoms with E-state index in [-0.39, 0.29) is 23.6 Å². The van der Waals surface area contributed by atoms with Crippen molar-refractivity contribution in [2.45, 2.75) is 6.10 Å². The first-order valence-corrected chi connectivity index (χ1v) is 6.52. The standard InChI is InChI=1S/C13H13NO4S/c15-9-1-2-10(11(16)5-9)13(18)14-6-12(17)8-3-4-19-7-8/h1-5,7,12,15-17H,6H2,(H,14,18). The van der Waals surface area contributed by atoms with Crippen molar-refractivity contribution < 1.29 is 20.1 Å². The van der Waals surface area contributed by atoms with Crippen LogP contribution in [0.5, 0.6) is 11.5 Å². The van der Waals surface area contributed by atoms with Crippen molar-refractivity contribution in [2.75, 3.05) is 6.54 Å². The molecular formula is C13H13NO4S. The maximum atomic E-state index is 11.8. The number of carbonyl (C=O) groups excluding carboxylic acids is 1. The van der Waals surface area contributed by atoms with Crippen molar-refractivity contribution in [3.63, 3.8) is 0 Å². The van der Waals surface area contributed by atoms with E-state index >= 15 is 0 Å². The van der Waals surface area contributed by atoms with Crippen molar-refractivity contribution in [3.05, 3.63) is 46.2 Å². The van der Waals surface area contributed by atoms with Crippen LogP contribution in [0.3, 0.4) is 0 Å². The molecule has 1 amide bonds. The molecule has 1 aromatic heterocycles. The fourth-order valence-electron chi connectivity index (χ4n) is 1.58. The Balaban J connectivity index is 1.98. The number of hydrogen-bond donors (Lipinski definition) is 4. The summed E-state index contributed by atoms with van der Waals surface area (Å²) in [4.78, 5) is 11.8. The highest BCUT2D eigenvalue weighted by Gasteiger charge is 2.14. The van der Waals surface area contributed by atoms with E-state index in [2.05, 4.69) is 5.32 Å². The normalized spacial score (nSPS) is 12.1. The van der Waals surface area contributed by atoms with E-state index in [1.54, 1.807) is 11.4 Å². The van der Waals surface area contributed by atoms with E-state index in [9.17, 15) is 15.0 Å². The highest BCUT2D eigenvalue weighted by atomic mass is 32.1. The maximum absolute atomic E-state index is 11.8. The van der Waals surface area contributed by atoms with Crippen LogP contribution >= 0.6 is 11.3 Å². The molecule has 0 aliphatic carbocycles. The first-order chi connectivity index (χ1) is 9.08. The zero-order chi connectivity index (χ0) is 13.8. The van der Waals surface area contributed by atoms with Crippen molar-refractivity contribution >= 4 is 17.2 Å². The summed E-state index contributed by atoms with van der Waals surface area (Å²) in [5.74, 6) is -0.929. The second kappa shape index (κ2) is 5.73. The van der Waals surface area contributed by atoms with E-state index < -0.39 is 12.0 Å². The number of phenolic OH excluding ortho intramolecular Hbond substituents is 2. The molecule has 4 N–H and O–H groups in total. The fourth-order valence-corrected chi connectivity index (χ4v) is 2.29. The van der Waals surface area contributed by atoms with Gasteiger partial charge in [-0.15, -0.1) is 0 Å². The number of phenols is 2. The van der Waals surface area contributed by atoms with Gasteiger partial charge in [-0.25, -0.2) is 0 Å². The van der Waals surface area contributed by atoms with Crippen LogP contribution < -0.4 is 5.32 Å². The van der Waals surface area contributed by atoms with E-state index in [4.69, 9.17) is 5.11 Å². The zero-order valence-corrected chi connectivity index (χ0v) is 10.7. The Hall–Kier alpha value is -2.05. The number of benzene rings is 1. The summed E-state index contributed by atoms with van der Waals surface area (Å²) >= 11 is 1.46. The first-order valence-electron chi connectivity index (χ1n) is 5.58. The van der Waals surface area contributed by atoms with Crippen LogP contribution in [0.4, 0.5) is 0 Å². The summed E-state index contributed by atoms with van der Waals surface area (Å²) in [6.45, 7) is 0.0515. The molecule has 1 atom stereocenters. The van der Waals surface area contributed by atoms with Crippen molar-refractivity contribution in [1.82, 2.24) is 5.32 Å². The van der Waals surface area contributed by atoms with Gasteiger partial charge in [0, 0.05) is 12.6 Å². The maximum Gasteiger partial charge on any atom is 0.255 e. The van der Waals surface area contributed by atoms with Gasteiger partial charge in [-0.3, -0.25) is 4.79 Å². The van der Waals surface area contributed by atoms with E-state index in [1.807, 2.05) is 5.38 Å². The third-order valence-electron chi connectivity index (χ3n) is 2.61. The van der Waals surface area contributed by atoms with Crippen LogP contribution in [-0.2, 0) is 0 Å². The molecule has 1 heterocycles. The number of aromatic hydroxyl groups is 2. The lowest BCUT2D eigenvalue weighted by Crippen LogP contribution is -2.28. The molecule has 0 saturated carbocycles. The van der Waals surface area contributed by atoms with Gasteiger partial charge >= 0.3 is 0 Å². The minimum Gasteiger partial charge on any atom is -0.508 e. The number of thiophene rings is 1. The van der Waals surface area contributed by atoms with Gasteiger partial charge in [0.15, 0.2) is 0 Å². The van der Waals surface area contributed by atoms with Gasteiger partial charge in [0.25, 0.3) is 5.91 Å². The largest absolute Gasteiger partial charge is 0.508 e. The van der Waals surface area contributed by atoms with Gasteiger partial charge in [0.05, 0.1) is 11.7 Å². The summed E-state index contributed by atoms with van der Waals surface area (Å²) in [5, 5.41) is 34.6. The molecule has 6 heteroatoms. The van der Waals surface area contributed by atoms with Gasteiger partial charge in [0.2, 0.25) is 0 Å². The van der Waals surface area contributed by atoms with Crippen LogP contribution in [0, 0.1) is 0 Å². The lowest BCUT2D eigenvalue weighted by molar-refractivity contribution is 0.0914. The fraction of sp³-hybridized carbons (Fsp3) is 0.154. The van der Waals surface area contributed by atoms with Crippen molar-refractivity contribution in [2.24, 2.45) is 0 Å². The number of amides is 1. The second-order valence-corrected chi connectivity index (χ2v) is 4.76. The molecule has 0 bridgehead atoms. The van der Waals surface area contributed by atoms with Gasteiger partial charge in [0.1, 0.15) is 11.5 Å². The number of nitrogens with one attached hydrogen (secondary N) is 1. The number of aliphatic hydroxyl groups is 1. The van der Waals surface area contributed by atoms with Crippen molar-refractivity contribution in [3.8, 4) is 11.5 Å². The molecule has 0 fully saturated rings. The number of aliphatic hydroxyl groups excluding tert-OH is 1. The molecule has 2 aromatic rings. The van der Waals surface area contributed by atoms with Gasteiger partial charge in [-0.2, -0.15) is 11.3 Å². The lowest BCUT2D eigenvalue weighted by atomic mass is 10.1. The monoisotopic (exact) mass is 279 g/mol. The van der Waals surface area contributed by atoms with E-state index in [0.717, 1.165) is 11.6 Å². The summed E-state index contributed by atoms with van der Waals surface area (Å²) in [6, 6.07) is 5.49. The topological polar surface area (TPSA) is 89.8 Å². The van der Waals surface area contributed by atoms with Gasteiger partial charge in [-0.1, -0.05) is 0 Å². The van der Waals surface area contributed by atoms with Crippen LogP contribution in [0.15, 0.2) is 35.0 Å². The van der Waals surface area contributed by atoms with Crippen LogP contribution in [0.2, 0.25) is 0 Å². The quantitative estimate of drug-likeness (QED) is 0.684. The van der Waals surface area contributed by atoms with Crippen molar-refractivity contribution in [1.29, 1.82) is 0 Å². The molecule has 19 heavy (non-hydrogen) atoms. The highest BCUT2D eigenvalue weighted by Crippen LogP contribution is 2.22. The van der Waals surface area contributed by atoms with E-state index in [0.29, 0.717) is 0 Å². The van der Waals surface area contributed by atoms with Gasteiger partial charge < -0.3 is 20.6 Å². The first kappa shape index (κ1) is 13.4. The molecule has 0 spiro atoms. The number of hydrogen-bond acceptors (Lipinski definition) is 5. The Morgan fingerprint density at radius 1 is 1.32 bits per heavy atom. The van der Waals surface area contributed by atoms with E-state index in [1.165, 1.54) is 23.5 Å². The predicted molar refractivity (Wildman–Crippen MR) is 71.4 cm³/mol. The third-order valence-corrected chi connectivity index (χ3v) is 3.31. The third kappa shape index (κ3) is 3.24. The molecule has 1 aromatic carbocycles. The molecule has 0 aliphatic heterocycles. The van der Waals surface area contributed by atoms with Crippen LogP contribution in [0.25, 0.3) is 0 Å². The Morgan fingerprint density at radius 3 is 2.74 bits per heavy atom. The summed E-state index contributed by atoms with van der Waals surface area (Å²) in [6.07, 6.45) is -0.783. The average Bonchev–Trinajstić information content (AvgIpc) is 2.89.